The molecule has 1 saturated heterocycles. The monoisotopic (exact) mass is 486 g/mol. The van der Waals surface area contributed by atoms with Crippen molar-refractivity contribution in [3.05, 3.63) is 87.9 Å². The number of benzene rings is 3. The topological polar surface area (TPSA) is 58.6 Å². The summed E-state index contributed by atoms with van der Waals surface area (Å²) in [7, 11) is 0. The first-order valence-corrected chi connectivity index (χ1v) is 11.8. The number of halogens is 2. The minimum Gasteiger partial charge on any atom is -0.494 e. The third-order valence-corrected chi connectivity index (χ3v) is 6.69. The molecular formula is C24H20Cl2N2O3S. The Morgan fingerprint density at radius 1 is 1.12 bits per heavy atom. The number of hydrogen-bond donors (Lipinski definition) is 1. The van der Waals surface area contributed by atoms with Crippen LogP contribution in [0.2, 0.25) is 10.0 Å². The summed E-state index contributed by atoms with van der Waals surface area (Å²) in [5.41, 5.74) is 2.54. The number of hydrogen-bond acceptors (Lipinski definition) is 4. The minimum atomic E-state index is -0.346. The van der Waals surface area contributed by atoms with Gasteiger partial charge >= 0.3 is 0 Å². The highest BCUT2D eigenvalue weighted by Crippen LogP contribution is 2.44. The van der Waals surface area contributed by atoms with E-state index in [2.05, 4.69) is 5.32 Å². The first kappa shape index (κ1) is 22.5. The number of thioether (sulfide) groups is 1. The molecule has 3 aromatic carbocycles. The quantitative estimate of drug-likeness (QED) is 0.436. The van der Waals surface area contributed by atoms with E-state index in [9.17, 15) is 9.59 Å². The highest BCUT2D eigenvalue weighted by Gasteiger charge is 2.35. The maximum atomic E-state index is 12.9. The van der Waals surface area contributed by atoms with Crippen molar-refractivity contribution in [1.82, 2.24) is 0 Å². The highest BCUT2D eigenvalue weighted by molar-refractivity contribution is 8.00. The van der Waals surface area contributed by atoms with Crippen molar-refractivity contribution in [3.63, 3.8) is 0 Å². The third kappa shape index (κ3) is 4.72. The second-order valence-electron chi connectivity index (χ2n) is 7.02. The number of nitrogens with one attached hydrogen (secondary N) is 1. The van der Waals surface area contributed by atoms with Crippen molar-refractivity contribution in [1.29, 1.82) is 0 Å². The Morgan fingerprint density at radius 2 is 1.88 bits per heavy atom. The van der Waals surface area contributed by atoms with Gasteiger partial charge in [-0.05, 0) is 55.5 Å². The molecule has 1 atom stereocenters. The molecule has 0 aliphatic carbocycles. The molecule has 0 unspecified atom stereocenters. The van der Waals surface area contributed by atoms with Gasteiger partial charge in [0.2, 0.25) is 5.91 Å². The van der Waals surface area contributed by atoms with Crippen molar-refractivity contribution in [2.24, 2.45) is 0 Å². The lowest BCUT2D eigenvalue weighted by molar-refractivity contribution is -0.115. The number of carbonyl (C=O) groups is 2. The Bertz CT molecular complexity index is 1150. The van der Waals surface area contributed by atoms with Crippen LogP contribution in [0, 0.1) is 0 Å². The second kappa shape index (κ2) is 9.86. The van der Waals surface area contributed by atoms with E-state index < -0.39 is 0 Å². The number of rotatable bonds is 6. The molecule has 0 bridgehead atoms. The predicted octanol–water partition coefficient (Wildman–Crippen LogP) is 6.42. The van der Waals surface area contributed by atoms with Crippen LogP contribution in [0.4, 0.5) is 11.4 Å². The largest absolute Gasteiger partial charge is 0.494 e. The summed E-state index contributed by atoms with van der Waals surface area (Å²) in [6.07, 6.45) is 0. The molecule has 1 fully saturated rings. The zero-order valence-electron chi connectivity index (χ0n) is 17.2. The molecule has 0 radical (unpaired) electrons. The summed E-state index contributed by atoms with van der Waals surface area (Å²) >= 11 is 13.7. The molecule has 1 aliphatic rings. The molecule has 2 amide bonds. The van der Waals surface area contributed by atoms with Crippen LogP contribution in [0.5, 0.6) is 5.75 Å². The van der Waals surface area contributed by atoms with Gasteiger partial charge in [0.05, 0.1) is 22.9 Å². The number of nitrogens with zero attached hydrogens (tertiary/aromatic N) is 1. The fourth-order valence-electron chi connectivity index (χ4n) is 3.49. The average Bonchev–Trinajstić information content (AvgIpc) is 3.16. The fraction of sp³-hybridized carbons (Fsp3) is 0.167. The summed E-state index contributed by atoms with van der Waals surface area (Å²) in [6.45, 7) is 2.50. The standard InChI is InChI=1S/C24H20Cl2N2O3S/c1-2-31-17-10-8-16(9-11-17)28-22(29)14-32-24(28)19-5-3-4-6-21(19)27-23(30)18-12-7-15(25)13-20(18)26/h3-13,24H,2,14H2,1H3,(H,27,30)/t24-/m0/s1. The molecule has 0 spiro atoms. The van der Waals surface area contributed by atoms with E-state index in [4.69, 9.17) is 27.9 Å². The van der Waals surface area contributed by atoms with Gasteiger partial charge in [-0.25, -0.2) is 0 Å². The molecule has 0 saturated carbocycles. The lowest BCUT2D eigenvalue weighted by Crippen LogP contribution is -2.28. The first-order valence-electron chi connectivity index (χ1n) is 9.99. The van der Waals surface area contributed by atoms with Gasteiger partial charge in [0.15, 0.2) is 0 Å². The summed E-state index contributed by atoms with van der Waals surface area (Å²) < 4.78 is 5.51. The Labute approximate surface area is 200 Å². The van der Waals surface area contributed by atoms with Crippen LogP contribution in [0.25, 0.3) is 0 Å². The van der Waals surface area contributed by atoms with Crippen molar-refractivity contribution in [2.45, 2.75) is 12.3 Å². The predicted molar refractivity (Wildman–Crippen MR) is 131 cm³/mol. The summed E-state index contributed by atoms with van der Waals surface area (Å²) in [5, 5.41) is 3.39. The second-order valence-corrected chi connectivity index (χ2v) is 8.93. The highest BCUT2D eigenvalue weighted by atomic mass is 35.5. The maximum Gasteiger partial charge on any atom is 0.257 e. The van der Waals surface area contributed by atoms with Gasteiger partial charge in [-0.2, -0.15) is 0 Å². The Morgan fingerprint density at radius 3 is 2.59 bits per heavy atom. The molecule has 8 heteroatoms. The van der Waals surface area contributed by atoms with Crippen LogP contribution < -0.4 is 15.0 Å². The number of carbonyl (C=O) groups excluding carboxylic acids is 2. The summed E-state index contributed by atoms with van der Waals surface area (Å²) in [5.74, 6) is 0.759. The molecule has 5 nitrogen and oxygen atoms in total. The van der Waals surface area contributed by atoms with Crippen LogP contribution in [-0.2, 0) is 4.79 Å². The van der Waals surface area contributed by atoms with Crippen LogP contribution in [0.15, 0.2) is 66.7 Å². The number of amides is 2. The molecular weight excluding hydrogens is 467 g/mol. The third-order valence-electron chi connectivity index (χ3n) is 4.94. The number of para-hydroxylation sites is 1. The van der Waals surface area contributed by atoms with Crippen molar-refractivity contribution >= 4 is 58.2 Å². The van der Waals surface area contributed by atoms with Crippen molar-refractivity contribution in [2.75, 3.05) is 22.6 Å². The Kier molecular flexibility index (Phi) is 6.94. The van der Waals surface area contributed by atoms with Crippen LogP contribution >= 0.6 is 35.0 Å². The summed E-state index contributed by atoms with van der Waals surface area (Å²) in [6, 6.07) is 19.6. The van der Waals surface area contributed by atoms with Gasteiger partial charge in [0.1, 0.15) is 11.1 Å². The average molecular weight is 487 g/mol. The molecule has 32 heavy (non-hydrogen) atoms. The Hall–Kier alpha value is -2.67. The minimum absolute atomic E-state index is 0.00559. The van der Waals surface area contributed by atoms with Gasteiger partial charge < -0.3 is 10.1 Å². The van der Waals surface area contributed by atoms with E-state index in [0.717, 1.165) is 17.0 Å². The zero-order chi connectivity index (χ0) is 22.7. The van der Waals surface area contributed by atoms with Gasteiger partial charge in [0, 0.05) is 22.0 Å². The first-order chi connectivity index (χ1) is 15.5. The van der Waals surface area contributed by atoms with E-state index >= 15 is 0 Å². The van der Waals surface area contributed by atoms with Crippen LogP contribution in [-0.4, -0.2) is 24.2 Å². The summed E-state index contributed by atoms with van der Waals surface area (Å²) in [4.78, 5) is 27.4. The fourth-order valence-corrected chi connectivity index (χ4v) is 5.20. The smallest absolute Gasteiger partial charge is 0.257 e. The molecule has 4 rings (SSSR count). The van der Waals surface area contributed by atoms with E-state index in [1.54, 1.807) is 17.0 Å². The van der Waals surface area contributed by atoms with E-state index in [1.165, 1.54) is 17.8 Å². The lowest BCUT2D eigenvalue weighted by Gasteiger charge is -2.26. The normalized spacial score (nSPS) is 15.7. The van der Waals surface area contributed by atoms with Gasteiger partial charge in [0.25, 0.3) is 5.91 Å². The number of ether oxygens (including phenoxy) is 1. The molecule has 164 valence electrons. The Balaban J connectivity index is 1.63. The van der Waals surface area contributed by atoms with Crippen molar-refractivity contribution in [3.8, 4) is 5.75 Å². The SMILES string of the molecule is CCOc1ccc(N2C(=O)CS[C@H]2c2ccccc2NC(=O)c2ccc(Cl)cc2Cl)cc1. The van der Waals surface area contributed by atoms with Crippen LogP contribution in [0.1, 0.15) is 28.2 Å². The van der Waals surface area contributed by atoms with E-state index in [0.29, 0.717) is 28.6 Å². The number of anilines is 2. The van der Waals surface area contributed by atoms with Gasteiger partial charge in [-0.1, -0.05) is 41.4 Å². The van der Waals surface area contributed by atoms with Crippen molar-refractivity contribution < 1.29 is 14.3 Å². The van der Waals surface area contributed by atoms with E-state index in [-0.39, 0.29) is 22.2 Å². The van der Waals surface area contributed by atoms with Crippen LogP contribution in [0.3, 0.4) is 0 Å². The lowest BCUT2D eigenvalue weighted by atomic mass is 10.1. The maximum absolute atomic E-state index is 12.9. The molecule has 1 aliphatic heterocycles. The van der Waals surface area contributed by atoms with Gasteiger partial charge in [-0.15, -0.1) is 11.8 Å². The van der Waals surface area contributed by atoms with Gasteiger partial charge in [-0.3, -0.25) is 14.5 Å². The zero-order valence-corrected chi connectivity index (χ0v) is 19.5. The molecule has 3 aromatic rings. The van der Waals surface area contributed by atoms with E-state index in [1.807, 2.05) is 55.5 Å². The molecule has 1 heterocycles. The molecule has 1 N–H and O–H groups in total. The molecule has 0 aromatic heterocycles.